The number of hydrogen-bond acceptors (Lipinski definition) is 3. The molecule has 1 aliphatic heterocycles. The number of hydrogen-bond donors (Lipinski definition) is 1. The summed E-state index contributed by atoms with van der Waals surface area (Å²) in [7, 11) is 0. The van der Waals surface area contributed by atoms with Gasteiger partial charge in [0.2, 0.25) is 0 Å². The van der Waals surface area contributed by atoms with Gasteiger partial charge in [-0.15, -0.1) is 0 Å². The van der Waals surface area contributed by atoms with Crippen molar-refractivity contribution >= 4 is 11.6 Å². The predicted octanol–water partition coefficient (Wildman–Crippen LogP) is 3.04. The van der Waals surface area contributed by atoms with Crippen molar-refractivity contribution in [2.45, 2.75) is 25.5 Å². The van der Waals surface area contributed by atoms with Crippen LogP contribution in [0.1, 0.15) is 24.4 Å². The fourth-order valence-corrected chi connectivity index (χ4v) is 2.67. The zero-order valence-electron chi connectivity index (χ0n) is 11.3. The SMILES string of the molecule is Clc1cccc(COc2cnn(C3CCNCC3)c2)c1. The number of aromatic nitrogens is 2. The Hall–Kier alpha value is -1.52. The van der Waals surface area contributed by atoms with E-state index in [4.69, 9.17) is 16.3 Å². The Balaban J connectivity index is 1.59. The van der Waals surface area contributed by atoms with Crippen LogP contribution in [0, 0.1) is 0 Å². The highest BCUT2D eigenvalue weighted by molar-refractivity contribution is 6.30. The molecule has 3 rings (SSSR count). The fourth-order valence-electron chi connectivity index (χ4n) is 2.46. The zero-order chi connectivity index (χ0) is 13.8. The second-order valence-electron chi connectivity index (χ2n) is 5.06. The second kappa shape index (κ2) is 6.29. The summed E-state index contributed by atoms with van der Waals surface area (Å²) in [6.07, 6.45) is 6.01. The quantitative estimate of drug-likeness (QED) is 0.941. The molecule has 2 aromatic rings. The molecule has 0 saturated carbocycles. The molecule has 0 bridgehead atoms. The Morgan fingerprint density at radius 3 is 3.00 bits per heavy atom. The number of rotatable bonds is 4. The van der Waals surface area contributed by atoms with E-state index >= 15 is 0 Å². The third-order valence-corrected chi connectivity index (χ3v) is 3.79. The van der Waals surface area contributed by atoms with Gasteiger partial charge in [0, 0.05) is 5.02 Å². The lowest BCUT2D eigenvalue weighted by molar-refractivity contribution is 0.302. The number of nitrogens with zero attached hydrogens (tertiary/aromatic N) is 2. The number of halogens is 1. The van der Waals surface area contributed by atoms with Crippen molar-refractivity contribution in [3.05, 3.63) is 47.2 Å². The number of piperidine rings is 1. The van der Waals surface area contributed by atoms with Gasteiger partial charge in [-0.1, -0.05) is 23.7 Å². The van der Waals surface area contributed by atoms with Crippen molar-refractivity contribution < 1.29 is 4.74 Å². The number of benzene rings is 1. The third-order valence-electron chi connectivity index (χ3n) is 3.56. The van der Waals surface area contributed by atoms with Crippen LogP contribution in [-0.2, 0) is 6.61 Å². The molecule has 1 saturated heterocycles. The van der Waals surface area contributed by atoms with Gasteiger partial charge in [0.25, 0.3) is 0 Å². The molecule has 0 unspecified atom stereocenters. The largest absolute Gasteiger partial charge is 0.486 e. The molecule has 0 spiro atoms. The first kappa shape index (κ1) is 13.5. The number of nitrogens with one attached hydrogen (secondary N) is 1. The molecule has 1 aliphatic rings. The van der Waals surface area contributed by atoms with E-state index in [0.29, 0.717) is 12.6 Å². The lowest BCUT2D eigenvalue weighted by Gasteiger charge is -2.22. The Kier molecular flexibility index (Phi) is 4.23. The molecule has 0 aliphatic carbocycles. The summed E-state index contributed by atoms with van der Waals surface area (Å²) >= 11 is 5.95. The maximum absolute atomic E-state index is 5.95. The van der Waals surface area contributed by atoms with Crippen molar-refractivity contribution in [3.63, 3.8) is 0 Å². The molecule has 20 heavy (non-hydrogen) atoms. The van der Waals surface area contributed by atoms with E-state index in [0.717, 1.165) is 42.3 Å². The highest BCUT2D eigenvalue weighted by Gasteiger charge is 2.15. The first-order valence-corrected chi connectivity index (χ1v) is 7.31. The summed E-state index contributed by atoms with van der Waals surface area (Å²) in [4.78, 5) is 0. The molecule has 0 amide bonds. The average molecular weight is 292 g/mol. The van der Waals surface area contributed by atoms with Crippen LogP contribution in [-0.4, -0.2) is 22.9 Å². The second-order valence-corrected chi connectivity index (χ2v) is 5.49. The minimum atomic E-state index is 0.486. The highest BCUT2D eigenvalue weighted by atomic mass is 35.5. The minimum Gasteiger partial charge on any atom is -0.486 e. The first-order chi connectivity index (χ1) is 9.81. The van der Waals surface area contributed by atoms with Crippen LogP contribution in [0.5, 0.6) is 5.75 Å². The first-order valence-electron chi connectivity index (χ1n) is 6.93. The van der Waals surface area contributed by atoms with E-state index in [1.807, 2.05) is 35.1 Å². The van der Waals surface area contributed by atoms with Crippen molar-refractivity contribution in [2.75, 3.05) is 13.1 Å². The van der Waals surface area contributed by atoms with Crippen LogP contribution in [0.15, 0.2) is 36.7 Å². The minimum absolute atomic E-state index is 0.486. The van der Waals surface area contributed by atoms with Crippen LogP contribution < -0.4 is 10.1 Å². The van der Waals surface area contributed by atoms with Gasteiger partial charge in [-0.25, -0.2) is 0 Å². The van der Waals surface area contributed by atoms with E-state index in [1.165, 1.54) is 0 Å². The Bertz CT molecular complexity index is 564. The van der Waals surface area contributed by atoms with Gasteiger partial charge in [-0.05, 0) is 43.6 Å². The van der Waals surface area contributed by atoms with Gasteiger partial charge in [0.05, 0.1) is 18.4 Å². The summed E-state index contributed by atoms with van der Waals surface area (Å²) in [6.45, 7) is 2.63. The van der Waals surface area contributed by atoms with Crippen LogP contribution in [0.4, 0.5) is 0 Å². The lowest BCUT2D eigenvalue weighted by atomic mass is 10.1. The van der Waals surface area contributed by atoms with E-state index in [1.54, 1.807) is 6.20 Å². The number of ether oxygens (including phenoxy) is 1. The molecule has 1 N–H and O–H groups in total. The summed E-state index contributed by atoms with van der Waals surface area (Å²) in [5.74, 6) is 0.809. The zero-order valence-corrected chi connectivity index (χ0v) is 12.0. The van der Waals surface area contributed by atoms with E-state index in [2.05, 4.69) is 10.4 Å². The molecular weight excluding hydrogens is 274 g/mol. The Labute approximate surface area is 123 Å². The van der Waals surface area contributed by atoms with Gasteiger partial charge >= 0.3 is 0 Å². The third kappa shape index (κ3) is 3.32. The van der Waals surface area contributed by atoms with E-state index in [-0.39, 0.29) is 0 Å². The molecule has 1 aromatic carbocycles. The maximum atomic E-state index is 5.95. The molecule has 0 radical (unpaired) electrons. The highest BCUT2D eigenvalue weighted by Crippen LogP contribution is 2.21. The van der Waals surface area contributed by atoms with E-state index in [9.17, 15) is 0 Å². The molecule has 0 atom stereocenters. The smallest absolute Gasteiger partial charge is 0.157 e. The van der Waals surface area contributed by atoms with Crippen molar-refractivity contribution in [3.8, 4) is 5.75 Å². The summed E-state index contributed by atoms with van der Waals surface area (Å²) in [5.41, 5.74) is 1.06. The molecule has 1 aromatic heterocycles. The fraction of sp³-hybridized carbons (Fsp3) is 0.400. The molecule has 106 valence electrons. The van der Waals surface area contributed by atoms with Gasteiger partial charge in [-0.2, -0.15) is 5.10 Å². The standard InChI is InChI=1S/C15H18ClN3O/c16-13-3-1-2-12(8-13)11-20-15-9-18-19(10-15)14-4-6-17-7-5-14/h1-3,8-10,14,17H,4-7,11H2. The van der Waals surface area contributed by atoms with Crippen LogP contribution >= 0.6 is 11.6 Å². The predicted molar refractivity (Wildman–Crippen MR) is 79.2 cm³/mol. The molecule has 2 heterocycles. The van der Waals surface area contributed by atoms with Crippen LogP contribution in [0.2, 0.25) is 5.02 Å². The van der Waals surface area contributed by atoms with Crippen LogP contribution in [0.25, 0.3) is 0 Å². The maximum Gasteiger partial charge on any atom is 0.157 e. The molecule has 5 heteroatoms. The monoisotopic (exact) mass is 291 g/mol. The van der Waals surface area contributed by atoms with Gasteiger partial charge in [0.15, 0.2) is 5.75 Å². The van der Waals surface area contributed by atoms with Crippen molar-refractivity contribution in [2.24, 2.45) is 0 Å². The molecule has 1 fully saturated rings. The Morgan fingerprint density at radius 1 is 1.35 bits per heavy atom. The molecular formula is C15H18ClN3O. The molecule has 4 nitrogen and oxygen atoms in total. The van der Waals surface area contributed by atoms with Crippen molar-refractivity contribution in [1.82, 2.24) is 15.1 Å². The summed E-state index contributed by atoms with van der Waals surface area (Å²) in [6, 6.07) is 8.20. The Morgan fingerprint density at radius 2 is 2.20 bits per heavy atom. The normalized spacial score (nSPS) is 16.2. The lowest BCUT2D eigenvalue weighted by Crippen LogP contribution is -2.29. The summed E-state index contributed by atoms with van der Waals surface area (Å²) < 4.78 is 7.78. The van der Waals surface area contributed by atoms with Crippen LogP contribution in [0.3, 0.4) is 0 Å². The van der Waals surface area contributed by atoms with Gasteiger partial charge in [0.1, 0.15) is 6.61 Å². The van der Waals surface area contributed by atoms with Gasteiger partial charge < -0.3 is 10.1 Å². The summed E-state index contributed by atoms with van der Waals surface area (Å²) in [5, 5.41) is 8.50. The topological polar surface area (TPSA) is 39.1 Å². The van der Waals surface area contributed by atoms with Crippen molar-refractivity contribution in [1.29, 1.82) is 0 Å². The van der Waals surface area contributed by atoms with Gasteiger partial charge in [-0.3, -0.25) is 4.68 Å². The average Bonchev–Trinajstić information content (AvgIpc) is 2.95. The van der Waals surface area contributed by atoms with E-state index < -0.39 is 0 Å².